The molecule has 3 rings (SSSR count). The van der Waals surface area contributed by atoms with Gasteiger partial charge >= 0.3 is 0 Å². The number of nitrogens with one attached hydrogen (secondary N) is 1. The van der Waals surface area contributed by atoms with Gasteiger partial charge in [0, 0.05) is 24.7 Å². The predicted molar refractivity (Wildman–Crippen MR) is 107 cm³/mol. The summed E-state index contributed by atoms with van der Waals surface area (Å²) in [5, 5.41) is 2.99. The van der Waals surface area contributed by atoms with Gasteiger partial charge in [0.1, 0.15) is 0 Å². The Morgan fingerprint density at radius 3 is 2.15 bits per heavy atom. The highest BCUT2D eigenvalue weighted by atomic mass is 32.2. The molecule has 0 spiro atoms. The van der Waals surface area contributed by atoms with Gasteiger partial charge in [-0.1, -0.05) is 35.4 Å². The van der Waals surface area contributed by atoms with Crippen LogP contribution in [-0.4, -0.2) is 31.7 Å². The number of hydrogen-bond donors (Lipinski definition) is 1. The maximum absolute atomic E-state index is 12.8. The van der Waals surface area contributed by atoms with Gasteiger partial charge in [0.05, 0.1) is 4.90 Å². The Kier molecular flexibility index (Phi) is 5.67. The molecule has 1 N–H and O–H groups in total. The summed E-state index contributed by atoms with van der Waals surface area (Å²) in [4.78, 5) is 12.9. The summed E-state index contributed by atoms with van der Waals surface area (Å²) in [6.07, 6.45) is 1.06. The smallest absolute Gasteiger partial charge is 0.243 e. The van der Waals surface area contributed by atoms with Crippen molar-refractivity contribution in [1.82, 2.24) is 4.31 Å². The first-order valence-electron chi connectivity index (χ1n) is 9.22. The third-order valence-corrected chi connectivity index (χ3v) is 7.04. The Bertz CT molecular complexity index is 928. The lowest BCUT2D eigenvalue weighted by Crippen LogP contribution is -2.41. The van der Waals surface area contributed by atoms with Crippen molar-refractivity contribution in [2.24, 2.45) is 5.92 Å². The van der Waals surface area contributed by atoms with Gasteiger partial charge in [-0.25, -0.2) is 8.42 Å². The second-order valence-electron chi connectivity index (χ2n) is 7.30. The highest BCUT2D eigenvalue weighted by molar-refractivity contribution is 7.89. The van der Waals surface area contributed by atoms with Crippen LogP contribution in [0.1, 0.15) is 29.5 Å². The van der Waals surface area contributed by atoms with Crippen molar-refractivity contribution in [3.05, 3.63) is 59.2 Å². The largest absolute Gasteiger partial charge is 0.326 e. The van der Waals surface area contributed by atoms with E-state index in [0.29, 0.717) is 30.8 Å². The maximum atomic E-state index is 12.8. The van der Waals surface area contributed by atoms with Gasteiger partial charge in [-0.2, -0.15) is 4.31 Å². The van der Waals surface area contributed by atoms with E-state index in [0.717, 1.165) is 22.4 Å². The van der Waals surface area contributed by atoms with Crippen LogP contribution in [0, 0.1) is 26.7 Å². The minimum atomic E-state index is -3.50. The molecule has 1 aliphatic heterocycles. The summed E-state index contributed by atoms with van der Waals surface area (Å²) in [7, 11) is -3.50. The van der Waals surface area contributed by atoms with E-state index in [-0.39, 0.29) is 11.8 Å². The van der Waals surface area contributed by atoms with Crippen LogP contribution in [0.25, 0.3) is 0 Å². The van der Waals surface area contributed by atoms with E-state index in [1.165, 1.54) is 4.31 Å². The van der Waals surface area contributed by atoms with Crippen LogP contribution < -0.4 is 5.32 Å². The van der Waals surface area contributed by atoms with Gasteiger partial charge < -0.3 is 5.32 Å². The van der Waals surface area contributed by atoms with Crippen molar-refractivity contribution in [3.8, 4) is 0 Å². The molecule has 27 heavy (non-hydrogen) atoms. The third-order valence-electron chi connectivity index (χ3n) is 5.12. The number of rotatable bonds is 4. The monoisotopic (exact) mass is 386 g/mol. The van der Waals surface area contributed by atoms with Crippen molar-refractivity contribution >= 4 is 21.6 Å². The molecular formula is C21H26N2O3S. The van der Waals surface area contributed by atoms with E-state index in [4.69, 9.17) is 0 Å². The molecule has 0 aliphatic carbocycles. The van der Waals surface area contributed by atoms with Gasteiger partial charge in [0.2, 0.25) is 15.9 Å². The number of benzene rings is 2. The molecule has 5 nitrogen and oxygen atoms in total. The molecule has 1 fully saturated rings. The molecule has 1 amide bonds. The quantitative estimate of drug-likeness (QED) is 0.872. The van der Waals surface area contributed by atoms with Gasteiger partial charge in [-0.15, -0.1) is 0 Å². The van der Waals surface area contributed by atoms with E-state index < -0.39 is 10.0 Å². The summed E-state index contributed by atoms with van der Waals surface area (Å²) in [6, 6.07) is 12.8. The Morgan fingerprint density at radius 1 is 0.963 bits per heavy atom. The number of carbonyl (C=O) groups is 1. The highest BCUT2D eigenvalue weighted by Gasteiger charge is 2.32. The lowest BCUT2D eigenvalue weighted by atomic mass is 9.97. The molecule has 0 unspecified atom stereocenters. The number of amides is 1. The van der Waals surface area contributed by atoms with Crippen molar-refractivity contribution < 1.29 is 13.2 Å². The molecule has 1 aliphatic rings. The van der Waals surface area contributed by atoms with E-state index in [9.17, 15) is 13.2 Å². The van der Waals surface area contributed by atoms with Gasteiger partial charge in [0.15, 0.2) is 0 Å². The van der Waals surface area contributed by atoms with E-state index >= 15 is 0 Å². The number of sulfonamides is 1. The standard InChI is InChI=1S/C21H26N2O3S/c1-15-4-7-19(8-5-15)27(25,26)23-12-10-18(11-13-23)21(24)22-20-9-6-16(2)14-17(20)3/h4-9,14,18H,10-13H2,1-3H3,(H,22,24). The minimum Gasteiger partial charge on any atom is -0.326 e. The summed E-state index contributed by atoms with van der Waals surface area (Å²) in [6.45, 7) is 6.64. The van der Waals surface area contributed by atoms with Crippen molar-refractivity contribution in [2.75, 3.05) is 18.4 Å². The second-order valence-corrected chi connectivity index (χ2v) is 9.24. The Labute approximate surface area is 161 Å². The molecule has 1 heterocycles. The molecule has 0 aromatic heterocycles. The molecule has 0 bridgehead atoms. The molecule has 2 aromatic carbocycles. The number of piperidine rings is 1. The minimum absolute atomic E-state index is 0.0330. The fraction of sp³-hybridized carbons (Fsp3) is 0.381. The lowest BCUT2D eigenvalue weighted by Gasteiger charge is -2.30. The number of nitrogens with zero attached hydrogens (tertiary/aromatic N) is 1. The zero-order chi connectivity index (χ0) is 19.6. The molecular weight excluding hydrogens is 360 g/mol. The van der Waals surface area contributed by atoms with Crippen LogP contribution in [0.5, 0.6) is 0 Å². The number of hydrogen-bond acceptors (Lipinski definition) is 3. The van der Waals surface area contributed by atoms with Crippen LogP contribution in [0.4, 0.5) is 5.69 Å². The summed E-state index contributed by atoms with van der Waals surface area (Å²) in [5.74, 6) is -0.204. The van der Waals surface area contributed by atoms with Crippen LogP contribution in [0.3, 0.4) is 0 Å². The predicted octanol–water partition coefficient (Wildman–Crippen LogP) is 3.65. The topological polar surface area (TPSA) is 66.5 Å². The number of carbonyl (C=O) groups excluding carboxylic acids is 1. The molecule has 0 atom stereocenters. The summed E-state index contributed by atoms with van der Waals surface area (Å²) >= 11 is 0. The van der Waals surface area contributed by atoms with Gasteiger partial charge in [-0.3, -0.25) is 4.79 Å². The van der Waals surface area contributed by atoms with Crippen LogP contribution in [-0.2, 0) is 14.8 Å². The van der Waals surface area contributed by atoms with E-state index in [2.05, 4.69) is 5.32 Å². The zero-order valence-electron chi connectivity index (χ0n) is 16.0. The molecule has 6 heteroatoms. The molecule has 0 saturated carbocycles. The third kappa shape index (κ3) is 4.39. The SMILES string of the molecule is Cc1ccc(S(=O)(=O)N2CCC(C(=O)Nc3ccc(C)cc3C)CC2)cc1. The van der Waals surface area contributed by atoms with Crippen LogP contribution in [0.2, 0.25) is 0 Å². The first kappa shape index (κ1) is 19.6. The number of anilines is 1. The first-order valence-corrected chi connectivity index (χ1v) is 10.7. The van der Waals surface area contributed by atoms with Crippen molar-refractivity contribution in [2.45, 2.75) is 38.5 Å². The fourth-order valence-corrected chi connectivity index (χ4v) is 4.88. The van der Waals surface area contributed by atoms with E-state index in [1.54, 1.807) is 24.3 Å². The number of aryl methyl sites for hydroxylation is 3. The zero-order valence-corrected chi connectivity index (χ0v) is 16.8. The van der Waals surface area contributed by atoms with Gasteiger partial charge in [-0.05, 0) is 57.4 Å². The average Bonchev–Trinajstić information content (AvgIpc) is 2.64. The van der Waals surface area contributed by atoms with Gasteiger partial charge in [0.25, 0.3) is 0 Å². The Morgan fingerprint density at radius 2 is 1.56 bits per heavy atom. The molecule has 144 valence electrons. The average molecular weight is 387 g/mol. The molecule has 0 radical (unpaired) electrons. The van der Waals surface area contributed by atoms with E-state index in [1.807, 2.05) is 39.0 Å². The Hall–Kier alpha value is -2.18. The second kappa shape index (κ2) is 7.82. The lowest BCUT2D eigenvalue weighted by molar-refractivity contribution is -0.120. The summed E-state index contributed by atoms with van der Waals surface area (Å²) in [5.41, 5.74) is 4.03. The maximum Gasteiger partial charge on any atom is 0.243 e. The first-order chi connectivity index (χ1) is 12.8. The van der Waals surface area contributed by atoms with Crippen molar-refractivity contribution in [3.63, 3.8) is 0 Å². The molecule has 2 aromatic rings. The molecule has 1 saturated heterocycles. The summed E-state index contributed by atoms with van der Waals surface area (Å²) < 4.78 is 27.0. The Balaban J connectivity index is 1.62. The normalized spacial score (nSPS) is 16.3. The highest BCUT2D eigenvalue weighted by Crippen LogP contribution is 2.26. The van der Waals surface area contributed by atoms with Crippen LogP contribution in [0.15, 0.2) is 47.4 Å². The van der Waals surface area contributed by atoms with Crippen LogP contribution >= 0.6 is 0 Å². The van der Waals surface area contributed by atoms with Crippen molar-refractivity contribution in [1.29, 1.82) is 0 Å². The fourth-order valence-electron chi connectivity index (χ4n) is 3.41.